The Balaban J connectivity index is 0.000000594. The molecule has 0 aliphatic heterocycles. The molecule has 0 spiro atoms. The zero-order valence-corrected chi connectivity index (χ0v) is 22.2. The minimum Gasteiger partial charge on any atom is -0.759 e. The Bertz CT molecular complexity index is 1090. The van der Waals surface area contributed by atoms with E-state index >= 15 is 0 Å². The van der Waals surface area contributed by atoms with Crippen LogP contribution in [0.2, 0.25) is 0 Å². The highest BCUT2D eigenvalue weighted by atomic mass is 32.3. The van der Waals surface area contributed by atoms with Gasteiger partial charge < -0.3 is 18.1 Å². The van der Waals surface area contributed by atoms with E-state index in [-0.39, 0.29) is 22.1 Å². The first-order chi connectivity index (χ1) is 16.3. The van der Waals surface area contributed by atoms with E-state index in [1.807, 2.05) is 0 Å². The number of hydrogen-bond donors (Lipinski definition) is 0. The Labute approximate surface area is 210 Å². The molecule has 2 aromatic carbocycles. The maximum atomic E-state index is 13.4. The van der Waals surface area contributed by atoms with Crippen LogP contribution >= 0.6 is 0 Å². The molecule has 37 heavy (non-hydrogen) atoms. The van der Waals surface area contributed by atoms with Crippen molar-refractivity contribution in [3.63, 3.8) is 0 Å². The fourth-order valence-electron chi connectivity index (χ4n) is 2.80. The van der Waals surface area contributed by atoms with Crippen LogP contribution in [-0.2, 0) is 23.5 Å². The molecule has 0 N–H and O–H groups in total. The predicted molar refractivity (Wildman–Crippen MR) is 116 cm³/mol. The summed E-state index contributed by atoms with van der Waals surface area (Å²) in [6, 6.07) is 0. The fraction of sp³-hybridized carbons (Fsp3) is 0.455. The smallest absolute Gasteiger partial charge is 0.171 e. The molecule has 0 saturated heterocycles. The van der Waals surface area contributed by atoms with Gasteiger partial charge in [0.15, 0.2) is 46.5 Å². The van der Waals surface area contributed by atoms with Gasteiger partial charge in [-0.05, 0) is 13.8 Å². The van der Waals surface area contributed by atoms with Crippen LogP contribution in [0.3, 0.4) is 0 Å². The number of benzene rings is 2. The van der Waals surface area contributed by atoms with Crippen molar-refractivity contribution < 1.29 is 61.6 Å². The van der Waals surface area contributed by atoms with Gasteiger partial charge in [0.1, 0.15) is 13.1 Å². The van der Waals surface area contributed by atoms with Gasteiger partial charge in [0.25, 0.3) is 0 Å². The maximum absolute atomic E-state index is 13.4. The normalized spacial score (nSPS) is 11.9. The monoisotopic (exact) mass is 568 g/mol. The van der Waals surface area contributed by atoms with Gasteiger partial charge in [-0.1, -0.05) is 0 Å². The highest BCUT2D eigenvalue weighted by Gasteiger charge is 2.27. The lowest BCUT2D eigenvalue weighted by molar-refractivity contribution is -0.884. The van der Waals surface area contributed by atoms with E-state index in [9.17, 15) is 35.1 Å². The first-order valence-electron chi connectivity index (χ1n) is 10.2. The Morgan fingerprint density at radius 3 is 0.811 bits per heavy atom. The highest BCUT2D eigenvalue weighted by molar-refractivity contribution is 7.79. The third-order valence-corrected chi connectivity index (χ3v) is 4.41. The molecule has 0 aliphatic carbocycles. The molecule has 0 unspecified atom stereocenters. The Morgan fingerprint density at radius 2 is 0.676 bits per heavy atom. The lowest BCUT2D eigenvalue weighted by atomic mass is 10.1. The van der Waals surface area contributed by atoms with Gasteiger partial charge in [-0.25, -0.2) is 35.1 Å². The van der Waals surface area contributed by atoms with E-state index in [1.165, 1.54) is 0 Å². The summed E-state index contributed by atoms with van der Waals surface area (Å²) in [5, 5.41) is 0. The maximum Gasteiger partial charge on any atom is 0.171 e. The Kier molecular flexibility index (Phi) is 11.7. The average molecular weight is 569 g/mol. The van der Waals surface area contributed by atoms with E-state index in [0.717, 1.165) is 13.8 Å². The van der Waals surface area contributed by atoms with Crippen molar-refractivity contribution in [3.05, 3.63) is 68.8 Å². The molecule has 0 amide bonds. The molecule has 212 valence electrons. The van der Waals surface area contributed by atoms with Crippen molar-refractivity contribution in [3.8, 4) is 0 Å². The summed E-state index contributed by atoms with van der Waals surface area (Å²) in [4.78, 5) is 0. The van der Waals surface area contributed by atoms with Crippen LogP contribution in [0.5, 0.6) is 0 Å². The Hall–Kier alpha value is -2.33. The van der Waals surface area contributed by atoms with Gasteiger partial charge in [0, 0.05) is 21.5 Å². The fourth-order valence-corrected chi connectivity index (χ4v) is 2.80. The lowest BCUT2D eigenvalue weighted by Crippen LogP contribution is -2.34. The second-order valence-corrected chi connectivity index (χ2v) is 10.8. The quantitative estimate of drug-likeness (QED) is 0.182. The first kappa shape index (κ1) is 34.7. The van der Waals surface area contributed by atoms with Gasteiger partial charge in [-0.15, -0.1) is 0 Å². The van der Waals surface area contributed by atoms with Gasteiger partial charge in [-0.3, -0.25) is 8.42 Å². The second kappa shape index (κ2) is 12.5. The standard InChI is InChI=1S/2C11H14F4N.H2O4S/c2*1-6-8(12)10(14)7(5-16(2,3)4)11(15)9(6)13;1-5(2,3)4/h2*5H2,1-4H3;(H2,1,2,3,4)/q2*+1;/p-2. The van der Waals surface area contributed by atoms with Crippen molar-refractivity contribution in [2.24, 2.45) is 0 Å². The SMILES string of the molecule is Cc1c(F)c(F)c(C[N+](C)(C)C)c(F)c1F.Cc1c(F)c(F)c(C[N+](C)(C)C)c(F)c1F.O=S(=O)([O-])[O-]. The van der Waals surface area contributed by atoms with E-state index in [4.69, 9.17) is 17.5 Å². The third-order valence-electron chi connectivity index (χ3n) is 4.41. The zero-order valence-electron chi connectivity index (χ0n) is 21.4. The summed E-state index contributed by atoms with van der Waals surface area (Å²) >= 11 is 0. The van der Waals surface area contributed by atoms with E-state index in [1.54, 1.807) is 42.3 Å². The molecule has 2 rings (SSSR count). The average Bonchev–Trinajstić information content (AvgIpc) is 2.72. The molecule has 0 atom stereocenters. The van der Waals surface area contributed by atoms with Crippen molar-refractivity contribution in [2.45, 2.75) is 26.9 Å². The summed E-state index contributed by atoms with van der Waals surface area (Å²) in [5.41, 5.74) is -2.35. The molecule has 0 aliphatic rings. The van der Waals surface area contributed by atoms with Gasteiger partial charge in [0.05, 0.1) is 53.4 Å². The summed E-state index contributed by atoms with van der Waals surface area (Å²) < 4.78 is 141. The van der Waals surface area contributed by atoms with Crippen LogP contribution in [0.25, 0.3) is 0 Å². The molecule has 0 fully saturated rings. The summed E-state index contributed by atoms with van der Waals surface area (Å²) in [7, 11) is 4.88. The minimum absolute atomic E-state index is 0.119. The number of nitrogens with zero attached hydrogens (tertiary/aromatic N) is 2. The van der Waals surface area contributed by atoms with E-state index < -0.39 is 79.2 Å². The largest absolute Gasteiger partial charge is 0.759 e. The third kappa shape index (κ3) is 10.9. The summed E-state index contributed by atoms with van der Waals surface area (Å²) in [5.74, 6) is -10.5. The molecule has 0 radical (unpaired) electrons. The van der Waals surface area contributed by atoms with Crippen LogP contribution in [-0.4, -0.2) is 68.8 Å². The molecular weight excluding hydrogens is 540 g/mol. The Morgan fingerprint density at radius 1 is 0.514 bits per heavy atom. The lowest BCUT2D eigenvalue weighted by Gasteiger charge is -2.24. The number of hydrogen-bond acceptors (Lipinski definition) is 4. The number of rotatable bonds is 4. The zero-order chi connectivity index (χ0) is 29.8. The van der Waals surface area contributed by atoms with Crippen LogP contribution in [0.15, 0.2) is 0 Å². The number of halogens is 8. The molecule has 0 bridgehead atoms. The van der Waals surface area contributed by atoms with Gasteiger partial charge >= 0.3 is 0 Å². The van der Waals surface area contributed by atoms with Crippen molar-refractivity contribution in [1.82, 2.24) is 0 Å². The van der Waals surface area contributed by atoms with Crippen molar-refractivity contribution >= 4 is 10.4 Å². The van der Waals surface area contributed by atoms with Crippen LogP contribution in [0.4, 0.5) is 35.1 Å². The van der Waals surface area contributed by atoms with Gasteiger partial charge in [-0.2, -0.15) is 0 Å². The molecule has 6 nitrogen and oxygen atoms in total. The van der Waals surface area contributed by atoms with Crippen molar-refractivity contribution in [1.29, 1.82) is 0 Å². The van der Waals surface area contributed by atoms with E-state index in [2.05, 4.69) is 0 Å². The topological polar surface area (TPSA) is 80.3 Å². The molecule has 0 heterocycles. The molecule has 2 aromatic rings. The highest BCUT2D eigenvalue weighted by Crippen LogP contribution is 2.26. The van der Waals surface area contributed by atoms with E-state index in [0.29, 0.717) is 0 Å². The molecular formula is C22H28F8N2O4S. The number of quaternary nitrogens is 2. The second-order valence-electron chi connectivity index (χ2n) is 10.0. The van der Waals surface area contributed by atoms with Crippen LogP contribution in [0, 0.1) is 60.4 Å². The summed E-state index contributed by atoms with van der Waals surface area (Å²) in [6.07, 6.45) is 0. The predicted octanol–water partition coefficient (Wildman–Crippen LogP) is 4.18. The van der Waals surface area contributed by atoms with Gasteiger partial charge in [0.2, 0.25) is 0 Å². The van der Waals surface area contributed by atoms with Crippen LogP contribution in [0.1, 0.15) is 22.3 Å². The minimum atomic E-state index is -5.17. The molecule has 0 aromatic heterocycles. The van der Waals surface area contributed by atoms with Crippen molar-refractivity contribution in [2.75, 3.05) is 42.3 Å². The first-order valence-corrected chi connectivity index (χ1v) is 11.5. The molecule has 15 heteroatoms. The molecule has 0 saturated carbocycles. The summed E-state index contributed by atoms with van der Waals surface area (Å²) in [6.45, 7) is 1.77. The van der Waals surface area contributed by atoms with Crippen LogP contribution < -0.4 is 0 Å².